The van der Waals surface area contributed by atoms with Crippen LogP contribution in [0.1, 0.15) is 11.1 Å². The zero-order valence-electron chi connectivity index (χ0n) is 10.0. The molecule has 0 saturated carbocycles. The molecule has 0 atom stereocenters. The van der Waals surface area contributed by atoms with E-state index in [2.05, 4.69) is 5.32 Å². The number of rotatable bonds is 2. The van der Waals surface area contributed by atoms with Crippen molar-refractivity contribution in [2.45, 2.75) is 6.18 Å². The van der Waals surface area contributed by atoms with Crippen LogP contribution in [0.25, 0.3) is 0 Å². The highest BCUT2D eigenvalue weighted by atomic mass is 19.4. The highest BCUT2D eigenvalue weighted by molar-refractivity contribution is 5.66. The molecule has 0 aliphatic heterocycles. The molecule has 0 aromatic heterocycles. The molecule has 0 bridgehead atoms. The Morgan fingerprint density at radius 3 is 2.40 bits per heavy atom. The molecule has 0 amide bonds. The van der Waals surface area contributed by atoms with Crippen molar-refractivity contribution < 1.29 is 17.6 Å². The lowest BCUT2D eigenvalue weighted by Gasteiger charge is -2.12. The molecule has 0 spiro atoms. The summed E-state index contributed by atoms with van der Waals surface area (Å²) in [6.45, 7) is 0. The minimum atomic E-state index is -4.77. The van der Waals surface area contributed by atoms with Gasteiger partial charge in [-0.25, -0.2) is 4.39 Å². The first-order valence-corrected chi connectivity index (χ1v) is 5.54. The molecule has 2 nitrogen and oxygen atoms in total. The molecule has 0 radical (unpaired) electrons. The van der Waals surface area contributed by atoms with E-state index in [1.165, 1.54) is 12.1 Å². The maximum absolute atomic E-state index is 13.1. The fourth-order valence-electron chi connectivity index (χ4n) is 1.67. The number of hydrogen-bond donors (Lipinski definition) is 1. The standard InChI is InChI=1S/C14H8F4N2/c15-12-6-5-10(7-11(12)14(16,17)18)20-13-4-2-1-3-9(13)8-19/h1-7,20H. The van der Waals surface area contributed by atoms with Gasteiger partial charge in [-0.2, -0.15) is 18.4 Å². The van der Waals surface area contributed by atoms with Crippen LogP contribution in [0.2, 0.25) is 0 Å². The van der Waals surface area contributed by atoms with Crippen molar-refractivity contribution >= 4 is 11.4 Å². The number of nitrogens with zero attached hydrogens (tertiary/aromatic N) is 1. The van der Waals surface area contributed by atoms with Gasteiger partial charge in [-0.1, -0.05) is 12.1 Å². The molecule has 0 saturated heterocycles. The highest BCUT2D eigenvalue weighted by Gasteiger charge is 2.34. The lowest BCUT2D eigenvalue weighted by Crippen LogP contribution is -2.08. The van der Waals surface area contributed by atoms with E-state index >= 15 is 0 Å². The van der Waals surface area contributed by atoms with Crippen LogP contribution in [0, 0.1) is 17.1 Å². The van der Waals surface area contributed by atoms with Gasteiger partial charge in [0.2, 0.25) is 0 Å². The normalized spacial score (nSPS) is 10.9. The lowest BCUT2D eigenvalue weighted by molar-refractivity contribution is -0.139. The molecule has 2 aromatic rings. The lowest BCUT2D eigenvalue weighted by atomic mass is 10.1. The summed E-state index contributed by atoms with van der Waals surface area (Å²) in [6, 6.07) is 10.8. The zero-order chi connectivity index (χ0) is 14.8. The van der Waals surface area contributed by atoms with E-state index in [0.29, 0.717) is 11.8 Å². The van der Waals surface area contributed by atoms with Gasteiger partial charge < -0.3 is 5.32 Å². The number of nitriles is 1. The van der Waals surface area contributed by atoms with Crippen molar-refractivity contribution in [3.8, 4) is 6.07 Å². The van der Waals surface area contributed by atoms with Crippen molar-refractivity contribution in [3.05, 3.63) is 59.4 Å². The predicted molar refractivity (Wildman–Crippen MR) is 65.8 cm³/mol. The molecule has 102 valence electrons. The van der Waals surface area contributed by atoms with E-state index in [9.17, 15) is 17.6 Å². The minimum Gasteiger partial charge on any atom is -0.354 e. The minimum absolute atomic E-state index is 0.0569. The Bertz CT molecular complexity index is 672. The summed E-state index contributed by atoms with van der Waals surface area (Å²) in [5, 5.41) is 11.6. The number of nitrogens with one attached hydrogen (secondary N) is 1. The van der Waals surface area contributed by atoms with E-state index in [1.54, 1.807) is 18.2 Å². The van der Waals surface area contributed by atoms with E-state index in [-0.39, 0.29) is 11.3 Å². The first-order chi connectivity index (χ1) is 9.41. The second-order valence-electron chi connectivity index (χ2n) is 3.97. The van der Waals surface area contributed by atoms with Crippen molar-refractivity contribution in [2.24, 2.45) is 0 Å². The molecule has 6 heteroatoms. The van der Waals surface area contributed by atoms with Crippen molar-refractivity contribution in [1.29, 1.82) is 5.26 Å². The van der Waals surface area contributed by atoms with E-state index in [0.717, 1.165) is 6.07 Å². The quantitative estimate of drug-likeness (QED) is 0.824. The van der Waals surface area contributed by atoms with Gasteiger partial charge in [-0.3, -0.25) is 0 Å². The molecule has 20 heavy (non-hydrogen) atoms. The molecule has 0 heterocycles. The summed E-state index contributed by atoms with van der Waals surface area (Å²) in [5.41, 5.74) is -0.654. The fourth-order valence-corrected chi connectivity index (χ4v) is 1.67. The molecule has 0 unspecified atom stereocenters. The van der Waals surface area contributed by atoms with Crippen LogP contribution >= 0.6 is 0 Å². The highest BCUT2D eigenvalue weighted by Crippen LogP contribution is 2.33. The Hall–Kier alpha value is -2.55. The van der Waals surface area contributed by atoms with E-state index in [1.807, 2.05) is 6.07 Å². The van der Waals surface area contributed by atoms with Gasteiger partial charge in [-0.15, -0.1) is 0 Å². The van der Waals surface area contributed by atoms with Gasteiger partial charge in [0, 0.05) is 5.69 Å². The van der Waals surface area contributed by atoms with Gasteiger partial charge in [0.05, 0.1) is 16.8 Å². The monoisotopic (exact) mass is 280 g/mol. The van der Waals surface area contributed by atoms with Crippen LogP contribution in [0.5, 0.6) is 0 Å². The van der Waals surface area contributed by atoms with Crippen LogP contribution < -0.4 is 5.32 Å². The third kappa shape index (κ3) is 2.88. The summed E-state index contributed by atoms with van der Waals surface area (Å²) in [4.78, 5) is 0. The van der Waals surface area contributed by atoms with Crippen LogP contribution in [0.3, 0.4) is 0 Å². The van der Waals surface area contributed by atoms with Crippen LogP contribution in [-0.2, 0) is 6.18 Å². The molecule has 0 aliphatic carbocycles. The van der Waals surface area contributed by atoms with Crippen LogP contribution in [0.4, 0.5) is 28.9 Å². The number of halogens is 4. The Kier molecular flexibility index (Phi) is 3.61. The third-order valence-electron chi connectivity index (χ3n) is 2.60. The summed E-state index contributed by atoms with van der Waals surface area (Å²) >= 11 is 0. The molecule has 1 N–H and O–H groups in total. The van der Waals surface area contributed by atoms with Crippen molar-refractivity contribution in [2.75, 3.05) is 5.32 Å². The summed E-state index contributed by atoms with van der Waals surface area (Å²) < 4.78 is 50.9. The first-order valence-electron chi connectivity index (χ1n) is 5.54. The first kappa shape index (κ1) is 13.9. The maximum atomic E-state index is 13.1. The zero-order valence-corrected chi connectivity index (χ0v) is 10.0. The number of alkyl halides is 3. The average Bonchev–Trinajstić information content (AvgIpc) is 2.40. The molecule has 0 aliphatic rings. The maximum Gasteiger partial charge on any atom is 0.419 e. The Morgan fingerprint density at radius 1 is 1.05 bits per heavy atom. The van der Waals surface area contributed by atoms with Crippen LogP contribution in [0.15, 0.2) is 42.5 Å². The molecule has 2 aromatic carbocycles. The Morgan fingerprint density at radius 2 is 1.75 bits per heavy atom. The summed E-state index contributed by atoms with van der Waals surface area (Å²) in [6.07, 6.45) is -4.77. The smallest absolute Gasteiger partial charge is 0.354 e. The Labute approximate surface area is 112 Å². The van der Waals surface area contributed by atoms with Gasteiger partial charge in [0.15, 0.2) is 0 Å². The summed E-state index contributed by atoms with van der Waals surface area (Å²) in [7, 11) is 0. The molecule has 2 rings (SSSR count). The average molecular weight is 280 g/mol. The molecular weight excluding hydrogens is 272 g/mol. The fraction of sp³-hybridized carbons (Fsp3) is 0.0714. The van der Waals surface area contributed by atoms with Gasteiger partial charge in [-0.05, 0) is 30.3 Å². The second kappa shape index (κ2) is 5.21. The number of hydrogen-bond acceptors (Lipinski definition) is 2. The second-order valence-corrected chi connectivity index (χ2v) is 3.97. The van der Waals surface area contributed by atoms with Gasteiger partial charge in [0.1, 0.15) is 11.9 Å². The van der Waals surface area contributed by atoms with Gasteiger partial charge in [0.25, 0.3) is 0 Å². The number of para-hydroxylation sites is 1. The van der Waals surface area contributed by atoms with Gasteiger partial charge >= 0.3 is 6.18 Å². The van der Waals surface area contributed by atoms with E-state index in [4.69, 9.17) is 5.26 Å². The summed E-state index contributed by atoms with van der Waals surface area (Å²) in [5.74, 6) is -1.34. The number of anilines is 2. The molecule has 0 fully saturated rings. The Balaban J connectivity index is 2.38. The number of benzene rings is 2. The van der Waals surface area contributed by atoms with Crippen molar-refractivity contribution in [3.63, 3.8) is 0 Å². The van der Waals surface area contributed by atoms with Crippen molar-refractivity contribution in [1.82, 2.24) is 0 Å². The largest absolute Gasteiger partial charge is 0.419 e. The van der Waals surface area contributed by atoms with Crippen LogP contribution in [-0.4, -0.2) is 0 Å². The predicted octanol–water partition coefficient (Wildman–Crippen LogP) is 4.46. The SMILES string of the molecule is N#Cc1ccccc1Nc1ccc(F)c(C(F)(F)F)c1. The third-order valence-corrected chi connectivity index (χ3v) is 2.60. The molecular formula is C14H8F4N2. The topological polar surface area (TPSA) is 35.8 Å². The van der Waals surface area contributed by atoms with E-state index < -0.39 is 17.6 Å².